The molecule has 1 amide bonds. The number of amides is 1. The molecule has 0 spiro atoms. The molecular formula is C22H25N5O2. The number of nitrogens with one attached hydrogen (secondary N) is 1. The van der Waals surface area contributed by atoms with Gasteiger partial charge in [-0.25, -0.2) is 9.67 Å². The molecule has 0 radical (unpaired) electrons. The summed E-state index contributed by atoms with van der Waals surface area (Å²) in [6.07, 6.45) is 4.83. The lowest BCUT2D eigenvalue weighted by molar-refractivity contribution is 0.0680. The number of fused-ring (bicyclic) bond motifs is 2. The van der Waals surface area contributed by atoms with Crippen LogP contribution in [-0.4, -0.2) is 43.6 Å². The first kappa shape index (κ1) is 18.1. The lowest BCUT2D eigenvalue weighted by Gasteiger charge is -2.32. The molecule has 0 atom stereocenters. The van der Waals surface area contributed by atoms with Gasteiger partial charge in [-0.05, 0) is 68.7 Å². The molecule has 0 bridgehead atoms. The summed E-state index contributed by atoms with van der Waals surface area (Å²) in [5.41, 5.74) is 4.68. The van der Waals surface area contributed by atoms with Gasteiger partial charge < -0.3 is 9.88 Å². The van der Waals surface area contributed by atoms with Crippen LogP contribution in [0.25, 0.3) is 11.0 Å². The lowest BCUT2D eigenvalue weighted by atomic mass is 9.96. The first-order chi connectivity index (χ1) is 14.1. The van der Waals surface area contributed by atoms with Gasteiger partial charge in [0, 0.05) is 31.3 Å². The fourth-order valence-corrected chi connectivity index (χ4v) is 4.59. The SMILES string of the molecule is Cc1nc2ccc(C(=O)N3CCC(Cn4nc5c(cc4=O)CCC5)CC3)cc2[nH]1. The molecule has 7 nitrogen and oxygen atoms in total. The van der Waals surface area contributed by atoms with Crippen molar-refractivity contribution in [1.82, 2.24) is 24.6 Å². The topological polar surface area (TPSA) is 83.9 Å². The molecule has 1 aliphatic heterocycles. The molecule has 29 heavy (non-hydrogen) atoms. The van der Waals surface area contributed by atoms with Gasteiger partial charge in [0.05, 0.1) is 16.7 Å². The van der Waals surface area contributed by atoms with E-state index >= 15 is 0 Å². The van der Waals surface area contributed by atoms with Crippen molar-refractivity contribution in [3.63, 3.8) is 0 Å². The largest absolute Gasteiger partial charge is 0.342 e. The van der Waals surface area contributed by atoms with Crippen LogP contribution in [0.1, 0.15) is 46.7 Å². The Balaban J connectivity index is 1.24. The second-order valence-electron chi connectivity index (χ2n) is 8.28. The predicted octanol–water partition coefficient (Wildman–Crippen LogP) is 2.47. The third-order valence-electron chi connectivity index (χ3n) is 6.20. The molecule has 3 heterocycles. The second-order valence-corrected chi connectivity index (χ2v) is 8.28. The van der Waals surface area contributed by atoms with Crippen LogP contribution in [0.4, 0.5) is 0 Å². The Morgan fingerprint density at radius 1 is 1.21 bits per heavy atom. The number of piperidine rings is 1. The van der Waals surface area contributed by atoms with Gasteiger partial charge in [0.15, 0.2) is 0 Å². The number of nitrogens with zero attached hydrogens (tertiary/aromatic N) is 4. The summed E-state index contributed by atoms with van der Waals surface area (Å²) in [4.78, 5) is 34.8. The summed E-state index contributed by atoms with van der Waals surface area (Å²) in [6.45, 7) is 3.98. The van der Waals surface area contributed by atoms with Gasteiger partial charge in [-0.15, -0.1) is 0 Å². The normalized spacial score (nSPS) is 17.1. The highest BCUT2D eigenvalue weighted by Gasteiger charge is 2.25. The van der Waals surface area contributed by atoms with Crippen molar-refractivity contribution in [3.8, 4) is 0 Å². The van der Waals surface area contributed by atoms with Crippen LogP contribution >= 0.6 is 0 Å². The molecule has 1 N–H and O–H groups in total. The monoisotopic (exact) mass is 391 g/mol. The van der Waals surface area contributed by atoms with Crippen LogP contribution in [0, 0.1) is 12.8 Å². The second kappa shape index (κ2) is 7.13. The number of benzene rings is 1. The standard InChI is InChI=1S/C22H25N5O2/c1-14-23-19-6-5-17(11-20(19)24-14)22(29)26-9-7-15(8-10-26)13-27-21(28)12-16-3-2-4-18(16)25-27/h5-6,11-12,15H,2-4,7-10,13H2,1H3,(H,23,24). The maximum Gasteiger partial charge on any atom is 0.267 e. The molecule has 1 saturated heterocycles. The number of carbonyl (C=O) groups is 1. The Morgan fingerprint density at radius 2 is 2.03 bits per heavy atom. The van der Waals surface area contributed by atoms with Gasteiger partial charge in [-0.2, -0.15) is 5.10 Å². The fraction of sp³-hybridized carbons (Fsp3) is 0.455. The zero-order valence-corrected chi connectivity index (χ0v) is 16.6. The van der Waals surface area contributed by atoms with Gasteiger partial charge in [0.25, 0.3) is 11.5 Å². The number of aromatic amines is 1. The van der Waals surface area contributed by atoms with Crippen LogP contribution in [0.15, 0.2) is 29.1 Å². The molecule has 3 aromatic rings. The highest BCUT2D eigenvalue weighted by molar-refractivity contribution is 5.97. The number of carbonyl (C=O) groups excluding carboxylic acids is 1. The first-order valence-electron chi connectivity index (χ1n) is 10.4. The Morgan fingerprint density at radius 3 is 2.86 bits per heavy atom. The maximum absolute atomic E-state index is 12.9. The van der Waals surface area contributed by atoms with E-state index in [-0.39, 0.29) is 11.5 Å². The summed E-state index contributed by atoms with van der Waals surface area (Å²) < 4.78 is 1.64. The zero-order valence-electron chi connectivity index (χ0n) is 16.6. The van der Waals surface area contributed by atoms with Crippen molar-refractivity contribution in [2.45, 2.75) is 45.6 Å². The summed E-state index contributed by atoms with van der Waals surface area (Å²) in [5, 5.41) is 4.59. The van der Waals surface area contributed by atoms with Crippen molar-refractivity contribution >= 4 is 16.9 Å². The van der Waals surface area contributed by atoms with Gasteiger partial charge in [-0.3, -0.25) is 9.59 Å². The summed E-state index contributed by atoms with van der Waals surface area (Å²) in [5.74, 6) is 1.28. The van der Waals surface area contributed by atoms with E-state index in [1.807, 2.05) is 30.0 Å². The Kier molecular flexibility index (Phi) is 4.45. The minimum absolute atomic E-state index is 0.00677. The predicted molar refractivity (Wildman–Crippen MR) is 110 cm³/mol. The molecule has 150 valence electrons. The molecule has 5 rings (SSSR count). The summed E-state index contributed by atoms with van der Waals surface area (Å²) in [6, 6.07) is 7.40. The van der Waals surface area contributed by atoms with Crippen LogP contribution in [0.5, 0.6) is 0 Å². The maximum atomic E-state index is 12.9. The van der Waals surface area contributed by atoms with Crippen LogP contribution < -0.4 is 5.56 Å². The highest BCUT2D eigenvalue weighted by atomic mass is 16.2. The lowest BCUT2D eigenvalue weighted by Crippen LogP contribution is -2.40. The van der Waals surface area contributed by atoms with E-state index in [0.29, 0.717) is 31.1 Å². The number of rotatable bonds is 3. The number of aryl methyl sites for hydroxylation is 3. The van der Waals surface area contributed by atoms with Gasteiger partial charge in [0.2, 0.25) is 0 Å². The van der Waals surface area contributed by atoms with E-state index in [1.165, 1.54) is 0 Å². The summed E-state index contributed by atoms with van der Waals surface area (Å²) >= 11 is 0. The van der Waals surface area contributed by atoms with Crippen molar-refractivity contribution < 1.29 is 4.79 Å². The summed E-state index contributed by atoms with van der Waals surface area (Å²) in [7, 11) is 0. The highest BCUT2D eigenvalue weighted by Crippen LogP contribution is 2.22. The third kappa shape index (κ3) is 3.45. The Hall–Kier alpha value is -2.96. The van der Waals surface area contributed by atoms with E-state index in [0.717, 1.165) is 60.2 Å². The Labute approximate surface area is 168 Å². The molecule has 1 fully saturated rings. The number of likely N-dealkylation sites (tertiary alicyclic amines) is 1. The molecule has 7 heteroatoms. The molecule has 2 aromatic heterocycles. The van der Waals surface area contributed by atoms with E-state index in [4.69, 9.17) is 0 Å². The van der Waals surface area contributed by atoms with E-state index in [2.05, 4.69) is 15.1 Å². The van der Waals surface area contributed by atoms with Crippen LogP contribution in [0.2, 0.25) is 0 Å². The number of aromatic nitrogens is 4. The first-order valence-corrected chi connectivity index (χ1v) is 10.4. The Bertz CT molecular complexity index is 1140. The van der Waals surface area contributed by atoms with Crippen molar-refractivity contribution in [1.29, 1.82) is 0 Å². The minimum Gasteiger partial charge on any atom is -0.342 e. The molecule has 1 aromatic carbocycles. The van der Waals surface area contributed by atoms with E-state index in [9.17, 15) is 9.59 Å². The molecular weight excluding hydrogens is 366 g/mol. The average Bonchev–Trinajstić information content (AvgIpc) is 3.32. The van der Waals surface area contributed by atoms with E-state index in [1.54, 1.807) is 10.7 Å². The van der Waals surface area contributed by atoms with Gasteiger partial charge in [-0.1, -0.05) is 0 Å². The third-order valence-corrected chi connectivity index (χ3v) is 6.20. The van der Waals surface area contributed by atoms with Crippen molar-refractivity contribution in [2.24, 2.45) is 5.92 Å². The van der Waals surface area contributed by atoms with Crippen molar-refractivity contribution in [3.05, 3.63) is 57.3 Å². The quantitative estimate of drug-likeness (QED) is 0.743. The number of hydrogen-bond acceptors (Lipinski definition) is 4. The van der Waals surface area contributed by atoms with Crippen LogP contribution in [0.3, 0.4) is 0 Å². The average molecular weight is 391 g/mol. The van der Waals surface area contributed by atoms with Gasteiger partial charge in [0.1, 0.15) is 5.82 Å². The number of hydrogen-bond donors (Lipinski definition) is 1. The molecule has 0 saturated carbocycles. The minimum atomic E-state index is 0.00677. The fourth-order valence-electron chi connectivity index (χ4n) is 4.59. The molecule has 0 unspecified atom stereocenters. The van der Waals surface area contributed by atoms with Gasteiger partial charge >= 0.3 is 0 Å². The molecule has 1 aliphatic carbocycles. The molecule has 2 aliphatic rings. The smallest absolute Gasteiger partial charge is 0.267 e. The van der Waals surface area contributed by atoms with Crippen molar-refractivity contribution in [2.75, 3.05) is 13.1 Å². The van der Waals surface area contributed by atoms with Crippen LogP contribution in [-0.2, 0) is 19.4 Å². The number of imidazole rings is 1. The van der Waals surface area contributed by atoms with E-state index < -0.39 is 0 Å². The zero-order chi connectivity index (χ0) is 20.0. The number of H-pyrrole nitrogens is 1.